The van der Waals surface area contributed by atoms with Crippen LogP contribution in [0.25, 0.3) is 5.69 Å². The van der Waals surface area contributed by atoms with Crippen LogP contribution in [0.4, 0.5) is 5.82 Å². The summed E-state index contributed by atoms with van der Waals surface area (Å²) in [6, 6.07) is 19.6. The first-order valence-electron chi connectivity index (χ1n) is 11.5. The Bertz CT molecular complexity index is 1270. The van der Waals surface area contributed by atoms with Gasteiger partial charge in [0.25, 0.3) is 0 Å². The Balaban J connectivity index is 1.56. The van der Waals surface area contributed by atoms with Gasteiger partial charge in [-0.05, 0) is 56.5 Å². The Morgan fingerprint density at radius 2 is 1.74 bits per heavy atom. The molecule has 0 saturated carbocycles. The Morgan fingerprint density at radius 1 is 1.03 bits per heavy atom. The van der Waals surface area contributed by atoms with E-state index in [0.29, 0.717) is 28.5 Å². The van der Waals surface area contributed by atoms with Crippen molar-refractivity contribution in [2.24, 2.45) is 0 Å². The van der Waals surface area contributed by atoms with Crippen molar-refractivity contribution in [1.82, 2.24) is 19.9 Å². The largest absolute Gasteiger partial charge is 0.483 e. The number of hydrogen-bond donors (Lipinski definition) is 1. The molecule has 0 aliphatic rings. The highest BCUT2D eigenvalue weighted by molar-refractivity contribution is 8.00. The zero-order valence-corrected chi connectivity index (χ0v) is 21.2. The van der Waals surface area contributed by atoms with Crippen molar-refractivity contribution in [3.63, 3.8) is 0 Å². The van der Waals surface area contributed by atoms with E-state index in [1.165, 1.54) is 17.3 Å². The second-order valence-electron chi connectivity index (χ2n) is 8.57. The van der Waals surface area contributed by atoms with Crippen molar-refractivity contribution in [3.8, 4) is 11.4 Å². The van der Waals surface area contributed by atoms with Gasteiger partial charge in [0.15, 0.2) is 22.9 Å². The van der Waals surface area contributed by atoms with Crippen molar-refractivity contribution in [2.45, 2.75) is 57.0 Å². The van der Waals surface area contributed by atoms with Crippen LogP contribution in [0.3, 0.4) is 0 Å². The molecule has 9 heteroatoms. The number of nitrogens with zero attached hydrogens (tertiary/aromatic N) is 4. The van der Waals surface area contributed by atoms with Crippen LogP contribution in [-0.4, -0.2) is 31.1 Å². The normalized spacial score (nSPS) is 13.0. The van der Waals surface area contributed by atoms with Gasteiger partial charge >= 0.3 is 0 Å². The number of carbonyl (C=O) groups excluding carboxylic acids is 1. The molecule has 0 aliphatic heterocycles. The number of benzene rings is 2. The molecule has 0 spiro atoms. The van der Waals surface area contributed by atoms with Gasteiger partial charge in [-0.25, -0.2) is 0 Å². The van der Waals surface area contributed by atoms with E-state index >= 15 is 0 Å². The Morgan fingerprint density at radius 3 is 2.37 bits per heavy atom. The summed E-state index contributed by atoms with van der Waals surface area (Å²) in [5.74, 6) is 2.66. The van der Waals surface area contributed by atoms with E-state index in [1.54, 1.807) is 13.0 Å². The first kappa shape index (κ1) is 24.5. The lowest BCUT2D eigenvalue weighted by molar-refractivity contribution is -0.115. The molecule has 2 atom stereocenters. The maximum Gasteiger partial charge on any atom is 0.238 e. The smallest absolute Gasteiger partial charge is 0.238 e. The summed E-state index contributed by atoms with van der Waals surface area (Å²) in [7, 11) is 0. The number of anilines is 1. The number of aryl methyl sites for hydroxylation is 1. The number of ether oxygens (including phenoxy) is 1. The SMILES string of the molecule is Cc1cc(NC(=O)C(C)Sc2nnc(C(C)Oc3ccc(C(C)C)cc3)n2-c2ccccc2)no1. The summed E-state index contributed by atoms with van der Waals surface area (Å²) >= 11 is 1.31. The van der Waals surface area contributed by atoms with Gasteiger partial charge in [-0.2, -0.15) is 0 Å². The maximum atomic E-state index is 12.7. The third kappa shape index (κ3) is 5.92. The van der Waals surface area contributed by atoms with Crippen molar-refractivity contribution < 1.29 is 14.1 Å². The predicted molar refractivity (Wildman–Crippen MR) is 136 cm³/mol. The molecule has 2 aromatic carbocycles. The zero-order chi connectivity index (χ0) is 24.9. The minimum atomic E-state index is -0.452. The highest BCUT2D eigenvalue weighted by atomic mass is 32.2. The number of hydrogen-bond acceptors (Lipinski definition) is 7. The molecule has 2 heterocycles. The quantitative estimate of drug-likeness (QED) is 0.289. The molecule has 0 aliphatic carbocycles. The lowest BCUT2D eigenvalue weighted by Gasteiger charge is -2.18. The molecule has 1 amide bonds. The van der Waals surface area contributed by atoms with Crippen LogP contribution < -0.4 is 10.1 Å². The lowest BCUT2D eigenvalue weighted by atomic mass is 10.0. The van der Waals surface area contributed by atoms with Gasteiger partial charge in [0.1, 0.15) is 11.5 Å². The van der Waals surface area contributed by atoms with Crippen molar-refractivity contribution in [2.75, 3.05) is 5.32 Å². The molecule has 0 fully saturated rings. The number of carbonyl (C=O) groups is 1. The third-order valence-corrected chi connectivity index (χ3v) is 6.47. The fourth-order valence-corrected chi connectivity index (χ4v) is 4.37. The van der Waals surface area contributed by atoms with Gasteiger partial charge in [0.05, 0.1) is 5.25 Å². The van der Waals surface area contributed by atoms with E-state index in [9.17, 15) is 4.79 Å². The number of rotatable bonds is 9. The van der Waals surface area contributed by atoms with Crippen LogP contribution in [0.1, 0.15) is 56.9 Å². The van der Waals surface area contributed by atoms with Gasteiger partial charge in [0.2, 0.25) is 5.91 Å². The average Bonchev–Trinajstić information content (AvgIpc) is 3.45. The molecule has 182 valence electrons. The Labute approximate surface area is 209 Å². The fourth-order valence-electron chi connectivity index (χ4n) is 3.49. The molecule has 0 saturated heterocycles. The monoisotopic (exact) mass is 491 g/mol. The Hall–Kier alpha value is -3.59. The summed E-state index contributed by atoms with van der Waals surface area (Å²) in [6.07, 6.45) is -0.371. The van der Waals surface area contributed by atoms with Gasteiger partial charge in [0, 0.05) is 11.8 Å². The van der Waals surface area contributed by atoms with Crippen LogP contribution >= 0.6 is 11.8 Å². The second-order valence-corrected chi connectivity index (χ2v) is 9.88. The molecule has 2 aromatic heterocycles. The predicted octanol–water partition coefficient (Wildman–Crippen LogP) is 5.95. The minimum absolute atomic E-state index is 0.206. The fraction of sp³-hybridized carbons (Fsp3) is 0.308. The number of aromatic nitrogens is 4. The molecule has 8 nitrogen and oxygen atoms in total. The average molecular weight is 492 g/mol. The topological polar surface area (TPSA) is 95.1 Å². The van der Waals surface area contributed by atoms with Gasteiger partial charge in [-0.1, -0.05) is 61.1 Å². The standard InChI is InChI=1S/C26H29N5O3S/c1-16(2)20-11-13-22(14-12-20)33-18(4)24-28-29-26(31(24)21-9-7-6-8-10-21)35-19(5)25(32)27-23-15-17(3)34-30-23/h6-16,18-19H,1-5H3,(H,27,30,32). The maximum absolute atomic E-state index is 12.7. The summed E-state index contributed by atoms with van der Waals surface area (Å²) in [5.41, 5.74) is 2.14. The summed E-state index contributed by atoms with van der Waals surface area (Å²) in [6.45, 7) is 9.85. The highest BCUT2D eigenvalue weighted by Crippen LogP contribution is 2.30. The summed E-state index contributed by atoms with van der Waals surface area (Å²) in [5, 5.41) is 15.6. The van der Waals surface area contributed by atoms with Crippen LogP contribution in [-0.2, 0) is 4.79 Å². The van der Waals surface area contributed by atoms with Gasteiger partial charge < -0.3 is 14.6 Å². The first-order chi connectivity index (χ1) is 16.8. The number of thioether (sulfide) groups is 1. The van der Waals surface area contributed by atoms with Crippen molar-refractivity contribution in [1.29, 1.82) is 0 Å². The molecule has 1 N–H and O–H groups in total. The second kappa shape index (κ2) is 10.8. The molecule has 35 heavy (non-hydrogen) atoms. The van der Waals surface area contributed by atoms with Gasteiger partial charge in [-0.15, -0.1) is 10.2 Å². The van der Waals surface area contributed by atoms with E-state index in [0.717, 1.165) is 11.4 Å². The van der Waals surface area contributed by atoms with Crippen molar-refractivity contribution in [3.05, 3.63) is 77.8 Å². The lowest BCUT2D eigenvalue weighted by Crippen LogP contribution is -2.23. The van der Waals surface area contributed by atoms with E-state index in [2.05, 4.69) is 46.7 Å². The van der Waals surface area contributed by atoms with Crippen molar-refractivity contribution >= 4 is 23.5 Å². The highest BCUT2D eigenvalue weighted by Gasteiger charge is 2.25. The minimum Gasteiger partial charge on any atom is -0.483 e. The zero-order valence-electron chi connectivity index (χ0n) is 20.4. The molecule has 2 unspecified atom stereocenters. The number of amides is 1. The van der Waals surface area contributed by atoms with Crippen LogP contribution in [0, 0.1) is 6.92 Å². The van der Waals surface area contributed by atoms with Gasteiger partial charge in [-0.3, -0.25) is 9.36 Å². The van der Waals surface area contributed by atoms with Crippen LogP contribution in [0.2, 0.25) is 0 Å². The van der Waals surface area contributed by atoms with E-state index in [4.69, 9.17) is 9.26 Å². The molecular formula is C26H29N5O3S. The summed E-state index contributed by atoms with van der Waals surface area (Å²) < 4.78 is 13.2. The Kier molecular flexibility index (Phi) is 7.55. The van der Waals surface area contributed by atoms with E-state index < -0.39 is 5.25 Å². The molecule has 4 aromatic rings. The molecule has 4 rings (SSSR count). The van der Waals surface area contributed by atoms with E-state index in [1.807, 2.05) is 60.9 Å². The van der Waals surface area contributed by atoms with E-state index in [-0.39, 0.29) is 12.0 Å². The first-order valence-corrected chi connectivity index (χ1v) is 12.4. The molecular weight excluding hydrogens is 462 g/mol. The summed E-state index contributed by atoms with van der Waals surface area (Å²) in [4.78, 5) is 12.7. The van der Waals surface area contributed by atoms with Crippen LogP contribution in [0.15, 0.2) is 70.3 Å². The van der Waals surface area contributed by atoms with Crippen LogP contribution in [0.5, 0.6) is 5.75 Å². The molecule has 0 radical (unpaired) electrons. The number of nitrogens with one attached hydrogen (secondary N) is 1. The number of para-hydroxylation sites is 1. The third-order valence-electron chi connectivity index (χ3n) is 5.43. The molecule has 0 bridgehead atoms.